The van der Waals surface area contributed by atoms with E-state index >= 15 is 0 Å². The fourth-order valence-corrected chi connectivity index (χ4v) is 2.18. The number of Topliss-reactive ketones (excluding diaryl/α,β-unsaturated/α-hetero) is 1. The topological polar surface area (TPSA) is 81.7 Å². The number of alkyl halides is 3. The highest BCUT2D eigenvalue weighted by Crippen LogP contribution is 2.27. The molecule has 1 aromatic carbocycles. The number of halogens is 3. The molecule has 0 spiro atoms. The van der Waals surface area contributed by atoms with Gasteiger partial charge in [-0.05, 0) is 24.1 Å². The van der Waals surface area contributed by atoms with Crippen molar-refractivity contribution >= 4 is 29.7 Å². The van der Waals surface area contributed by atoms with Gasteiger partial charge in [0, 0.05) is 36.6 Å². The Morgan fingerprint density at radius 2 is 1.56 bits per heavy atom. The van der Waals surface area contributed by atoms with Gasteiger partial charge in [-0.25, -0.2) is 14.3 Å². The lowest BCUT2D eigenvalue weighted by Crippen LogP contribution is -2.21. The van der Waals surface area contributed by atoms with Gasteiger partial charge in [-0.1, -0.05) is 13.2 Å². The number of hydrogen-bond acceptors (Lipinski definition) is 7. The van der Waals surface area contributed by atoms with Crippen molar-refractivity contribution < 1.29 is 37.0 Å². The van der Waals surface area contributed by atoms with Crippen LogP contribution < -0.4 is 14.2 Å². The van der Waals surface area contributed by atoms with Crippen molar-refractivity contribution in [1.82, 2.24) is 4.72 Å². The number of benzene rings is 1. The molecule has 0 aliphatic rings. The summed E-state index contributed by atoms with van der Waals surface area (Å²) in [6, 6.07) is 4.17. The van der Waals surface area contributed by atoms with Crippen LogP contribution in [0, 0.1) is 0 Å². The highest BCUT2D eigenvalue weighted by Gasteiger charge is 2.28. The molecule has 0 aromatic heterocycles. The summed E-state index contributed by atoms with van der Waals surface area (Å²) in [5, 5.41) is 0. The van der Waals surface area contributed by atoms with Crippen molar-refractivity contribution in [3.8, 4) is 11.5 Å². The first kappa shape index (κ1) is 22.5. The van der Waals surface area contributed by atoms with Gasteiger partial charge in [-0.3, -0.25) is 4.79 Å². The van der Waals surface area contributed by atoms with E-state index in [2.05, 4.69) is 13.2 Å². The molecule has 0 atom stereocenters. The first-order chi connectivity index (χ1) is 12.6. The number of ether oxygens (including phenoxy) is 2. The van der Waals surface area contributed by atoms with Crippen LogP contribution >= 0.6 is 11.9 Å². The van der Waals surface area contributed by atoms with Crippen LogP contribution in [0.15, 0.2) is 43.5 Å². The van der Waals surface area contributed by atoms with Crippen LogP contribution in [0.3, 0.4) is 0 Å². The summed E-state index contributed by atoms with van der Waals surface area (Å²) >= 11 is -0.497. The van der Waals surface area contributed by atoms with E-state index in [9.17, 15) is 27.6 Å². The van der Waals surface area contributed by atoms with Gasteiger partial charge in [-0.15, -0.1) is 0 Å². The average Bonchev–Trinajstić information content (AvgIpc) is 2.58. The molecule has 0 radical (unpaired) electrons. The maximum absolute atomic E-state index is 12.0. The summed E-state index contributed by atoms with van der Waals surface area (Å²) in [4.78, 5) is 34.3. The van der Waals surface area contributed by atoms with E-state index in [1.807, 2.05) is 4.72 Å². The normalized spacial score (nSPS) is 10.8. The molecular formula is C17H16F3NO5S. The molecule has 146 valence electrons. The second kappa shape index (κ2) is 10.5. The van der Waals surface area contributed by atoms with Crippen molar-refractivity contribution in [2.45, 2.75) is 18.3 Å². The molecule has 27 heavy (non-hydrogen) atoms. The Hall–Kier alpha value is -2.59. The maximum Gasteiger partial charge on any atom is 0.456 e. The predicted molar refractivity (Wildman–Crippen MR) is 93.1 cm³/mol. The third-order valence-corrected chi connectivity index (χ3v) is 3.38. The Balaban J connectivity index is 2.77. The summed E-state index contributed by atoms with van der Waals surface area (Å²) in [5.41, 5.74) is -4.00. The van der Waals surface area contributed by atoms with E-state index in [4.69, 9.17) is 9.47 Å². The molecule has 1 aromatic rings. The van der Waals surface area contributed by atoms with Crippen LogP contribution in [0.25, 0.3) is 0 Å². The van der Waals surface area contributed by atoms with Crippen molar-refractivity contribution in [2.24, 2.45) is 0 Å². The molecule has 0 saturated carbocycles. The molecule has 0 unspecified atom stereocenters. The van der Waals surface area contributed by atoms with Gasteiger partial charge in [0.2, 0.25) is 0 Å². The molecule has 0 amide bonds. The minimum atomic E-state index is -4.48. The number of hydrogen-bond donors (Lipinski definition) is 1. The Morgan fingerprint density at radius 3 is 2.00 bits per heavy atom. The Kier molecular flexibility index (Phi) is 8.76. The van der Waals surface area contributed by atoms with Gasteiger partial charge in [0.15, 0.2) is 0 Å². The highest BCUT2D eigenvalue weighted by molar-refractivity contribution is 7.98. The summed E-state index contributed by atoms with van der Waals surface area (Å²) in [5.74, 6) is -1.81. The number of carbonyl (C=O) groups is 3. The van der Waals surface area contributed by atoms with Crippen LogP contribution in [-0.4, -0.2) is 29.8 Å². The lowest BCUT2D eigenvalue weighted by Gasteiger charge is -2.10. The van der Waals surface area contributed by atoms with E-state index in [1.165, 1.54) is 18.2 Å². The molecule has 1 rings (SSSR count). The Morgan fingerprint density at radius 1 is 1.04 bits per heavy atom. The lowest BCUT2D eigenvalue weighted by molar-refractivity contribution is -0.129. The van der Waals surface area contributed by atoms with Gasteiger partial charge in [0.1, 0.15) is 17.3 Å². The second-order valence-corrected chi connectivity index (χ2v) is 5.93. The molecule has 0 saturated heterocycles. The fourth-order valence-electron chi connectivity index (χ4n) is 1.78. The molecule has 0 aliphatic heterocycles. The zero-order valence-corrected chi connectivity index (χ0v) is 14.8. The highest BCUT2D eigenvalue weighted by atomic mass is 32.2. The van der Waals surface area contributed by atoms with E-state index < -0.39 is 41.7 Å². The minimum Gasteiger partial charge on any atom is -0.423 e. The Bertz CT molecular complexity index is 694. The third-order valence-electron chi connectivity index (χ3n) is 2.86. The standard InChI is InChI=1S/C17H16F3NO5S/c1-3-15(23)25-13-7-11(8-14(9-13)26-16(24)4-2)5-6-12(22)10-21-27-17(18,19)20/h3-4,7-9,21H,1-2,5-6,10H2. The third kappa shape index (κ3) is 9.61. The quantitative estimate of drug-likeness (QED) is 0.278. The zero-order valence-electron chi connectivity index (χ0n) is 14.0. The second-order valence-electron chi connectivity index (χ2n) is 4.97. The number of esters is 2. The predicted octanol–water partition coefficient (Wildman–Crippen LogP) is 3.13. The van der Waals surface area contributed by atoms with Crippen LogP contribution in [0.1, 0.15) is 12.0 Å². The van der Waals surface area contributed by atoms with Crippen molar-refractivity contribution in [2.75, 3.05) is 6.54 Å². The number of aryl methyl sites for hydroxylation is 1. The monoisotopic (exact) mass is 403 g/mol. The van der Waals surface area contributed by atoms with Gasteiger partial charge in [-0.2, -0.15) is 13.2 Å². The van der Waals surface area contributed by atoms with Gasteiger partial charge in [0.25, 0.3) is 0 Å². The van der Waals surface area contributed by atoms with Crippen LogP contribution in [0.4, 0.5) is 13.2 Å². The molecule has 6 nitrogen and oxygen atoms in total. The van der Waals surface area contributed by atoms with Gasteiger partial charge in [0.05, 0.1) is 6.54 Å². The number of rotatable bonds is 10. The van der Waals surface area contributed by atoms with Crippen LogP contribution in [-0.2, 0) is 20.8 Å². The van der Waals surface area contributed by atoms with Crippen molar-refractivity contribution in [1.29, 1.82) is 0 Å². The van der Waals surface area contributed by atoms with E-state index in [1.54, 1.807) is 0 Å². The first-order valence-electron chi connectivity index (χ1n) is 7.44. The van der Waals surface area contributed by atoms with E-state index in [0.29, 0.717) is 5.56 Å². The average molecular weight is 403 g/mol. The number of nitrogens with one attached hydrogen (secondary N) is 1. The Labute approximate surface area is 157 Å². The first-order valence-corrected chi connectivity index (χ1v) is 8.26. The SMILES string of the molecule is C=CC(=O)Oc1cc(CCC(=O)CNSC(F)(F)F)cc(OC(=O)C=C)c1. The molecule has 0 aliphatic carbocycles. The van der Waals surface area contributed by atoms with Gasteiger partial charge >= 0.3 is 17.4 Å². The van der Waals surface area contributed by atoms with Gasteiger partial charge < -0.3 is 9.47 Å². The summed E-state index contributed by atoms with van der Waals surface area (Å²) in [6.07, 6.45) is 1.94. The molecular weight excluding hydrogens is 387 g/mol. The zero-order chi connectivity index (χ0) is 20.4. The molecule has 10 heteroatoms. The number of carbonyl (C=O) groups excluding carboxylic acids is 3. The summed E-state index contributed by atoms with van der Waals surface area (Å²) in [6.45, 7) is 6.06. The minimum absolute atomic E-state index is 0.0578. The largest absolute Gasteiger partial charge is 0.456 e. The number of ketones is 1. The molecule has 0 heterocycles. The summed E-state index contributed by atoms with van der Waals surface area (Å²) < 4.78 is 47.9. The van der Waals surface area contributed by atoms with Crippen LogP contribution in [0.5, 0.6) is 11.5 Å². The van der Waals surface area contributed by atoms with Crippen molar-refractivity contribution in [3.05, 3.63) is 49.1 Å². The van der Waals surface area contributed by atoms with Crippen molar-refractivity contribution in [3.63, 3.8) is 0 Å². The molecule has 1 N–H and O–H groups in total. The fraction of sp³-hybridized carbons (Fsp3) is 0.235. The van der Waals surface area contributed by atoms with Crippen LogP contribution in [0.2, 0.25) is 0 Å². The molecule has 0 bridgehead atoms. The summed E-state index contributed by atoms with van der Waals surface area (Å²) in [7, 11) is 0. The maximum atomic E-state index is 12.0. The smallest absolute Gasteiger partial charge is 0.423 e. The lowest BCUT2D eigenvalue weighted by atomic mass is 10.1. The molecule has 0 fully saturated rings. The van der Waals surface area contributed by atoms with E-state index in [-0.39, 0.29) is 24.3 Å². The van der Waals surface area contributed by atoms with E-state index in [0.717, 1.165) is 12.2 Å².